The highest BCUT2D eigenvalue weighted by atomic mass is 32.1. The number of thiazole rings is 2. The van der Waals surface area contributed by atoms with Gasteiger partial charge in [-0.25, -0.2) is 9.97 Å². The minimum Gasteiger partial charge on any atom is -0.321 e. The van der Waals surface area contributed by atoms with E-state index in [4.69, 9.17) is 0 Å². The molecule has 3 rings (SSSR count). The zero-order valence-corrected chi connectivity index (χ0v) is 14.1. The first-order chi connectivity index (χ1) is 10.5. The zero-order valence-electron chi connectivity index (χ0n) is 12.5. The van der Waals surface area contributed by atoms with E-state index in [0.717, 1.165) is 32.7 Å². The Kier molecular flexibility index (Phi) is 4.04. The summed E-state index contributed by atoms with van der Waals surface area (Å²) in [6.45, 7) is 5.73. The van der Waals surface area contributed by atoms with Crippen LogP contribution in [0.2, 0.25) is 0 Å². The second kappa shape index (κ2) is 5.98. The Morgan fingerprint density at radius 1 is 1.09 bits per heavy atom. The molecule has 0 unspecified atom stereocenters. The van der Waals surface area contributed by atoms with Crippen molar-refractivity contribution in [3.63, 3.8) is 0 Å². The summed E-state index contributed by atoms with van der Waals surface area (Å²) in [6, 6.07) is 7.71. The van der Waals surface area contributed by atoms with Gasteiger partial charge in [-0.2, -0.15) is 0 Å². The highest BCUT2D eigenvalue weighted by Crippen LogP contribution is 2.29. The second-order valence-corrected chi connectivity index (χ2v) is 7.16. The number of anilines is 1. The molecule has 1 aromatic carbocycles. The van der Waals surface area contributed by atoms with Crippen LogP contribution in [0.5, 0.6) is 0 Å². The Morgan fingerprint density at radius 2 is 1.86 bits per heavy atom. The van der Waals surface area contributed by atoms with Crippen LogP contribution in [0, 0.1) is 20.8 Å². The Bertz CT molecular complexity index is 836. The Balaban J connectivity index is 1.93. The van der Waals surface area contributed by atoms with Crippen molar-refractivity contribution >= 4 is 34.3 Å². The molecule has 0 aliphatic heterocycles. The molecule has 6 heteroatoms. The molecule has 0 aliphatic carbocycles. The van der Waals surface area contributed by atoms with Gasteiger partial charge in [-0.15, -0.1) is 22.7 Å². The smallest absolute Gasteiger partial charge is 0.267 e. The summed E-state index contributed by atoms with van der Waals surface area (Å²) in [7, 11) is 0. The van der Waals surface area contributed by atoms with Crippen LogP contribution >= 0.6 is 22.7 Å². The standard InChI is InChI=1S/C16H15N3OS2/c1-9-15(22-11(3)17-9)16(20)19-13-7-5-4-6-12(13)14-8-21-10(2)18-14/h4-8H,1-3H3,(H,19,20). The van der Waals surface area contributed by atoms with Crippen LogP contribution in [-0.2, 0) is 0 Å². The lowest BCUT2D eigenvalue weighted by Crippen LogP contribution is -2.12. The molecule has 0 saturated carbocycles. The maximum Gasteiger partial charge on any atom is 0.267 e. The van der Waals surface area contributed by atoms with Crippen molar-refractivity contribution in [2.45, 2.75) is 20.8 Å². The number of benzene rings is 1. The molecule has 0 aliphatic rings. The molecular formula is C16H15N3OS2. The van der Waals surface area contributed by atoms with Crippen LogP contribution in [0.3, 0.4) is 0 Å². The highest BCUT2D eigenvalue weighted by Gasteiger charge is 2.16. The lowest BCUT2D eigenvalue weighted by molar-refractivity contribution is 0.103. The van der Waals surface area contributed by atoms with E-state index in [1.54, 1.807) is 11.3 Å². The summed E-state index contributed by atoms with van der Waals surface area (Å²) in [4.78, 5) is 21.9. The van der Waals surface area contributed by atoms with Crippen molar-refractivity contribution in [2.75, 3.05) is 5.32 Å². The number of nitrogens with one attached hydrogen (secondary N) is 1. The first-order valence-corrected chi connectivity index (χ1v) is 8.51. The molecule has 0 radical (unpaired) electrons. The lowest BCUT2D eigenvalue weighted by atomic mass is 10.1. The number of aromatic nitrogens is 2. The molecule has 1 N–H and O–H groups in total. The summed E-state index contributed by atoms with van der Waals surface area (Å²) in [5, 5.41) is 6.89. The summed E-state index contributed by atoms with van der Waals surface area (Å²) < 4.78 is 0. The maximum absolute atomic E-state index is 12.5. The largest absolute Gasteiger partial charge is 0.321 e. The topological polar surface area (TPSA) is 54.9 Å². The molecule has 2 heterocycles. The first kappa shape index (κ1) is 14.9. The van der Waals surface area contributed by atoms with Gasteiger partial charge < -0.3 is 5.32 Å². The monoisotopic (exact) mass is 329 g/mol. The Hall–Kier alpha value is -2.05. The fraction of sp³-hybridized carbons (Fsp3) is 0.188. The van der Waals surface area contributed by atoms with Crippen LogP contribution in [-0.4, -0.2) is 15.9 Å². The molecule has 1 amide bonds. The van der Waals surface area contributed by atoms with Crippen molar-refractivity contribution in [3.05, 3.63) is 50.2 Å². The molecule has 2 aromatic heterocycles. The van der Waals surface area contributed by atoms with E-state index in [2.05, 4.69) is 15.3 Å². The van der Waals surface area contributed by atoms with E-state index in [-0.39, 0.29) is 5.91 Å². The predicted octanol–water partition coefficient (Wildman–Crippen LogP) is 4.44. The number of aryl methyl sites for hydroxylation is 3. The van der Waals surface area contributed by atoms with Gasteiger partial charge in [0.1, 0.15) is 4.88 Å². The molecule has 0 spiro atoms. The Labute approximate surface area is 136 Å². The number of para-hydroxylation sites is 1. The third kappa shape index (κ3) is 2.93. The summed E-state index contributed by atoms with van der Waals surface area (Å²) in [6.07, 6.45) is 0. The number of hydrogen-bond donors (Lipinski definition) is 1. The van der Waals surface area contributed by atoms with Crippen molar-refractivity contribution in [1.82, 2.24) is 9.97 Å². The number of carbonyl (C=O) groups excluding carboxylic acids is 1. The fourth-order valence-corrected chi connectivity index (χ4v) is 3.65. The van der Waals surface area contributed by atoms with Gasteiger partial charge in [0.15, 0.2) is 0 Å². The lowest BCUT2D eigenvalue weighted by Gasteiger charge is -2.09. The molecule has 22 heavy (non-hydrogen) atoms. The summed E-state index contributed by atoms with van der Waals surface area (Å²) in [5.41, 5.74) is 3.35. The third-order valence-electron chi connectivity index (χ3n) is 3.18. The van der Waals surface area contributed by atoms with Crippen LogP contribution in [0.25, 0.3) is 11.3 Å². The molecule has 0 saturated heterocycles. The highest BCUT2D eigenvalue weighted by molar-refractivity contribution is 7.13. The van der Waals surface area contributed by atoms with E-state index < -0.39 is 0 Å². The van der Waals surface area contributed by atoms with Gasteiger partial charge in [0.05, 0.1) is 27.1 Å². The van der Waals surface area contributed by atoms with Gasteiger partial charge in [0.2, 0.25) is 0 Å². The molecule has 4 nitrogen and oxygen atoms in total. The average molecular weight is 329 g/mol. The van der Waals surface area contributed by atoms with Crippen LogP contribution in [0.15, 0.2) is 29.6 Å². The van der Waals surface area contributed by atoms with Crippen LogP contribution in [0.4, 0.5) is 5.69 Å². The SMILES string of the molecule is Cc1nc(-c2ccccc2NC(=O)c2sc(C)nc2C)cs1. The van der Waals surface area contributed by atoms with Crippen molar-refractivity contribution in [2.24, 2.45) is 0 Å². The minimum atomic E-state index is -0.123. The predicted molar refractivity (Wildman–Crippen MR) is 91.8 cm³/mol. The van der Waals surface area contributed by atoms with Crippen molar-refractivity contribution in [3.8, 4) is 11.3 Å². The number of carbonyl (C=O) groups is 1. The van der Waals surface area contributed by atoms with Gasteiger partial charge >= 0.3 is 0 Å². The Morgan fingerprint density at radius 3 is 2.50 bits per heavy atom. The van der Waals surface area contributed by atoms with Gasteiger partial charge in [0.25, 0.3) is 5.91 Å². The van der Waals surface area contributed by atoms with Gasteiger partial charge in [-0.3, -0.25) is 4.79 Å². The van der Waals surface area contributed by atoms with E-state index in [1.807, 2.05) is 50.4 Å². The molecule has 112 valence electrons. The van der Waals surface area contributed by atoms with E-state index in [9.17, 15) is 4.79 Å². The van der Waals surface area contributed by atoms with Gasteiger partial charge in [0, 0.05) is 10.9 Å². The van der Waals surface area contributed by atoms with Crippen LogP contribution in [0.1, 0.15) is 25.4 Å². The number of rotatable bonds is 3. The molecule has 0 fully saturated rings. The van der Waals surface area contributed by atoms with E-state index >= 15 is 0 Å². The summed E-state index contributed by atoms with van der Waals surface area (Å²) >= 11 is 3.01. The van der Waals surface area contributed by atoms with Gasteiger partial charge in [-0.05, 0) is 26.8 Å². The fourth-order valence-electron chi connectivity index (χ4n) is 2.22. The quantitative estimate of drug-likeness (QED) is 0.772. The van der Waals surface area contributed by atoms with Crippen LogP contribution < -0.4 is 5.32 Å². The minimum absolute atomic E-state index is 0.123. The maximum atomic E-state index is 12.5. The summed E-state index contributed by atoms with van der Waals surface area (Å²) in [5.74, 6) is -0.123. The zero-order chi connectivity index (χ0) is 15.7. The number of nitrogens with zero attached hydrogens (tertiary/aromatic N) is 2. The first-order valence-electron chi connectivity index (χ1n) is 6.81. The molecular weight excluding hydrogens is 314 g/mol. The van der Waals surface area contributed by atoms with Gasteiger partial charge in [-0.1, -0.05) is 18.2 Å². The number of hydrogen-bond acceptors (Lipinski definition) is 5. The normalized spacial score (nSPS) is 10.7. The molecule has 0 bridgehead atoms. The van der Waals surface area contributed by atoms with Crippen molar-refractivity contribution in [1.29, 1.82) is 0 Å². The number of amides is 1. The molecule has 3 aromatic rings. The van der Waals surface area contributed by atoms with E-state index in [1.165, 1.54) is 11.3 Å². The van der Waals surface area contributed by atoms with Crippen molar-refractivity contribution < 1.29 is 4.79 Å². The third-order valence-corrected chi connectivity index (χ3v) is 5.03. The van der Waals surface area contributed by atoms with E-state index in [0.29, 0.717) is 4.88 Å². The molecule has 0 atom stereocenters. The average Bonchev–Trinajstić information content (AvgIpc) is 3.05. The second-order valence-electron chi connectivity index (χ2n) is 4.90.